The van der Waals surface area contributed by atoms with Crippen LogP contribution in [-0.4, -0.2) is 77.4 Å². The molecule has 3 aliphatic rings. The average molecular weight is 543 g/mol. The number of ether oxygens (including phenoxy) is 3. The van der Waals surface area contributed by atoms with Crippen molar-refractivity contribution in [3.63, 3.8) is 0 Å². The largest absolute Gasteiger partial charge is 1.00 e. The minimum absolute atomic E-state index is 0. The number of aliphatic hydroxyl groups is 1. The summed E-state index contributed by atoms with van der Waals surface area (Å²) in [6, 6.07) is 7.85. The van der Waals surface area contributed by atoms with Gasteiger partial charge in [-0.2, -0.15) is 0 Å². The molecule has 0 radical (unpaired) electrons. The van der Waals surface area contributed by atoms with E-state index in [9.17, 15) is 29.4 Å². The number of nitrogens with zero attached hydrogens (tertiary/aromatic N) is 1. The molecule has 6 atom stereocenters. The Kier molecular flexibility index (Phi) is 10.1. The van der Waals surface area contributed by atoms with Crippen LogP contribution in [0.3, 0.4) is 0 Å². The number of fused-ring (bicyclic) bond motifs is 1. The first-order chi connectivity index (χ1) is 17.2. The minimum atomic E-state index is -1.44. The van der Waals surface area contributed by atoms with Gasteiger partial charge >= 0.3 is 41.6 Å². The van der Waals surface area contributed by atoms with Gasteiger partial charge < -0.3 is 39.4 Å². The van der Waals surface area contributed by atoms with Gasteiger partial charge in [-0.25, -0.2) is 9.59 Å². The molecule has 1 aromatic carbocycles. The number of esters is 1. The Morgan fingerprint density at radius 3 is 2.62 bits per heavy atom. The van der Waals surface area contributed by atoms with E-state index in [1.165, 1.54) is 23.6 Å². The molecule has 1 unspecified atom stereocenters. The zero-order chi connectivity index (χ0) is 26.0. The van der Waals surface area contributed by atoms with Gasteiger partial charge in [-0.15, -0.1) is 11.8 Å². The number of rotatable bonds is 9. The van der Waals surface area contributed by atoms with E-state index in [1.54, 1.807) is 30.3 Å². The average Bonchev–Trinajstić information content (AvgIpc) is 3.38. The molecule has 13 heteroatoms. The van der Waals surface area contributed by atoms with Crippen molar-refractivity contribution in [2.75, 3.05) is 19.9 Å². The van der Waals surface area contributed by atoms with Crippen LogP contribution in [0.4, 0.5) is 4.79 Å². The number of aliphatic carboxylic acids is 1. The fourth-order valence-electron chi connectivity index (χ4n) is 4.82. The molecule has 1 aromatic rings. The molecule has 2 fully saturated rings. The molecule has 11 nitrogen and oxygen atoms in total. The first kappa shape index (κ1) is 29.5. The maximum Gasteiger partial charge on any atom is 1.00 e. The van der Waals surface area contributed by atoms with E-state index in [-0.39, 0.29) is 53.0 Å². The molecule has 0 aliphatic carbocycles. The summed E-state index contributed by atoms with van der Waals surface area (Å²) in [6.45, 7) is 3.30. The summed E-state index contributed by atoms with van der Waals surface area (Å²) in [5.74, 6) is -3.43. The predicted octanol–water partition coefficient (Wildman–Crippen LogP) is -2.76. The second-order valence-corrected chi connectivity index (χ2v) is 10.1. The molecule has 3 aliphatic heterocycles. The Morgan fingerprint density at radius 2 is 1.97 bits per heavy atom. The van der Waals surface area contributed by atoms with E-state index in [1.807, 2.05) is 6.92 Å². The third kappa shape index (κ3) is 6.15. The molecule has 0 bridgehead atoms. The topological polar surface area (TPSA) is 155 Å². The van der Waals surface area contributed by atoms with Gasteiger partial charge in [0, 0.05) is 29.2 Å². The van der Waals surface area contributed by atoms with Crippen molar-refractivity contribution in [3.05, 3.63) is 46.5 Å². The van der Waals surface area contributed by atoms with E-state index >= 15 is 0 Å². The van der Waals surface area contributed by atoms with Crippen molar-refractivity contribution in [3.8, 4) is 0 Å². The number of alkyl carbamates (subject to hydrolysis) is 1. The van der Waals surface area contributed by atoms with Gasteiger partial charge in [0.25, 0.3) is 0 Å². The van der Waals surface area contributed by atoms with Gasteiger partial charge in [0.1, 0.15) is 0 Å². The third-order valence-corrected chi connectivity index (χ3v) is 8.23. The maximum atomic E-state index is 12.5. The smallest absolute Gasteiger partial charge is 0.543 e. The molecule has 0 saturated carbocycles. The van der Waals surface area contributed by atoms with E-state index < -0.39 is 54.9 Å². The zero-order valence-electron chi connectivity index (χ0n) is 20.7. The molecule has 2 saturated heterocycles. The van der Waals surface area contributed by atoms with E-state index in [2.05, 4.69) is 5.32 Å². The van der Waals surface area contributed by atoms with Crippen LogP contribution in [0.2, 0.25) is 0 Å². The van der Waals surface area contributed by atoms with Crippen LogP contribution >= 0.6 is 11.8 Å². The van der Waals surface area contributed by atoms with Crippen molar-refractivity contribution < 1.29 is 73.2 Å². The van der Waals surface area contributed by atoms with E-state index in [0.29, 0.717) is 23.5 Å². The van der Waals surface area contributed by atoms with Gasteiger partial charge in [-0.1, -0.05) is 25.1 Å². The van der Waals surface area contributed by atoms with Gasteiger partial charge in [-0.05, 0) is 25.5 Å². The van der Waals surface area contributed by atoms with Gasteiger partial charge in [0.15, 0.2) is 0 Å². The number of nitrogens with one attached hydrogen (secondary N) is 1. The fraction of sp³-hybridized carbons (Fsp3) is 0.500. The number of benzene rings is 1. The number of amides is 2. The van der Waals surface area contributed by atoms with Crippen LogP contribution < -0.4 is 40.0 Å². The number of carboxylic acid groups (broad SMARTS) is 1. The number of β-lactam (4-membered cyclic amide) rings is 1. The van der Waals surface area contributed by atoms with Crippen LogP contribution in [0.1, 0.15) is 30.6 Å². The number of aliphatic hydroxyl groups excluding tert-OH is 1. The van der Waals surface area contributed by atoms with Crippen molar-refractivity contribution in [2.45, 2.75) is 43.8 Å². The molecule has 0 spiro atoms. The maximum absolute atomic E-state index is 12.5. The molecule has 194 valence electrons. The van der Waals surface area contributed by atoms with Gasteiger partial charge in [0.2, 0.25) is 12.7 Å². The number of hydrogen-bond acceptors (Lipinski definition) is 10. The standard InChI is InChI=1S/C24H28N2O9S.Na/c1-12-18-17(13(2)27)21(28)26(18)19(22(29)30)20(12)36-16-8-9-33-15(16)10-25-24(32)35-11-34-23(31)14-6-4-3-5-7-14;/h3-7,12-13,15-18,27H,8-11H2,1-2H3,(H,25,32)(H,29,30);/q;+1/p-1/t12-,13-,15-,16-,17-,18?;/m1./s1. The monoisotopic (exact) mass is 542 g/mol. The second-order valence-electron chi connectivity index (χ2n) is 8.84. The number of carboxylic acids is 1. The van der Waals surface area contributed by atoms with Crippen molar-refractivity contribution >= 4 is 35.7 Å². The normalized spacial score (nSPS) is 27.1. The summed E-state index contributed by atoms with van der Waals surface area (Å²) in [5, 5.41) is 24.3. The minimum Gasteiger partial charge on any atom is -0.543 e. The zero-order valence-corrected chi connectivity index (χ0v) is 23.6. The number of hydrogen-bond donors (Lipinski definition) is 2. The van der Waals surface area contributed by atoms with Crippen LogP contribution in [0.25, 0.3) is 0 Å². The fourth-order valence-corrected chi connectivity index (χ4v) is 6.33. The summed E-state index contributed by atoms with van der Waals surface area (Å²) in [5.41, 5.74) is 0.177. The number of thioether (sulfide) groups is 1. The van der Waals surface area contributed by atoms with Crippen LogP contribution in [0, 0.1) is 11.8 Å². The molecule has 2 N–H and O–H groups in total. The van der Waals surface area contributed by atoms with Crippen molar-refractivity contribution in [1.82, 2.24) is 10.2 Å². The molecule has 3 heterocycles. The Morgan fingerprint density at radius 1 is 1.27 bits per heavy atom. The quantitative estimate of drug-likeness (QED) is 0.145. The third-order valence-electron chi connectivity index (χ3n) is 6.57. The van der Waals surface area contributed by atoms with E-state index in [0.717, 1.165) is 0 Å². The predicted molar refractivity (Wildman–Crippen MR) is 124 cm³/mol. The van der Waals surface area contributed by atoms with Gasteiger partial charge in [0.05, 0.1) is 41.4 Å². The summed E-state index contributed by atoms with van der Waals surface area (Å²) in [7, 11) is 0. The van der Waals surface area contributed by atoms with E-state index in [4.69, 9.17) is 14.2 Å². The van der Waals surface area contributed by atoms with Crippen molar-refractivity contribution in [2.24, 2.45) is 11.8 Å². The molecule has 2 amide bonds. The SMILES string of the molecule is C[C@H]1C(S[C@@H]2CCO[C@@H]2CNC(=O)OCOC(=O)c2ccccc2)=C(C(=O)[O-])N2C(=O)[C@H]([C@@H](C)O)C12.[Na+]. The second kappa shape index (κ2) is 12.6. The molecule has 0 aromatic heterocycles. The Balaban J connectivity index is 0.00000380. The number of carbonyl (C=O) groups is 4. The first-order valence-electron chi connectivity index (χ1n) is 11.6. The molecular formula is C24H27N2NaO9S. The van der Waals surface area contributed by atoms with Crippen LogP contribution in [0.15, 0.2) is 40.9 Å². The van der Waals surface area contributed by atoms with Crippen molar-refractivity contribution in [1.29, 1.82) is 0 Å². The van der Waals surface area contributed by atoms with Crippen LogP contribution in [0.5, 0.6) is 0 Å². The Bertz CT molecular complexity index is 1070. The Labute approximate surface area is 240 Å². The molecule has 37 heavy (non-hydrogen) atoms. The summed E-state index contributed by atoms with van der Waals surface area (Å²) in [4.78, 5) is 50.0. The summed E-state index contributed by atoms with van der Waals surface area (Å²) in [6.07, 6.45) is -1.52. The van der Waals surface area contributed by atoms with Crippen LogP contribution in [-0.2, 0) is 23.8 Å². The molecular weight excluding hydrogens is 515 g/mol. The Hall–Kier alpha value is -2.09. The number of carbonyl (C=O) groups excluding carboxylic acids is 4. The molecule has 4 rings (SSSR count). The summed E-state index contributed by atoms with van der Waals surface area (Å²) < 4.78 is 15.5. The van der Waals surface area contributed by atoms with Gasteiger partial charge in [-0.3, -0.25) is 4.79 Å². The first-order valence-corrected chi connectivity index (χ1v) is 12.5. The summed E-state index contributed by atoms with van der Waals surface area (Å²) >= 11 is 1.30.